The fourth-order valence-electron chi connectivity index (χ4n) is 4.78. The minimum Gasteiger partial charge on any atom is -0.480 e. The molecule has 13 heteroatoms. The highest BCUT2D eigenvalue weighted by atomic mass is 19.1. The third kappa shape index (κ3) is 5.62. The molecule has 3 heterocycles. The second-order valence-electron chi connectivity index (χ2n) is 9.94. The van der Waals surface area contributed by atoms with E-state index < -0.39 is 41.1 Å². The first kappa shape index (κ1) is 26.4. The predicted molar refractivity (Wildman–Crippen MR) is 140 cm³/mol. The summed E-state index contributed by atoms with van der Waals surface area (Å²) >= 11 is 0. The highest BCUT2D eigenvalue weighted by Crippen LogP contribution is 2.38. The zero-order valence-electron chi connectivity index (χ0n) is 21.4. The molecule has 2 aromatic heterocycles. The first-order chi connectivity index (χ1) is 18.7. The maximum atomic E-state index is 15.2. The van der Waals surface area contributed by atoms with Gasteiger partial charge in [0.1, 0.15) is 23.5 Å². The SMILES string of the molecule is C[C@H](NC(=O)c1cn(C2CC2)c2cc(N3CCNCC3)c(F)cc2c1=O)C(=O)N[C@@H](Cc1cnc[nH]1)C(=O)O. The molecule has 0 bridgehead atoms. The van der Waals surface area contributed by atoms with Crippen LogP contribution in [0.25, 0.3) is 10.9 Å². The maximum Gasteiger partial charge on any atom is 0.326 e. The Morgan fingerprint density at radius 2 is 1.95 bits per heavy atom. The maximum absolute atomic E-state index is 15.2. The molecule has 1 saturated heterocycles. The number of carboxylic acid groups (broad SMARTS) is 1. The molecule has 1 aliphatic heterocycles. The van der Waals surface area contributed by atoms with Crippen molar-refractivity contribution >= 4 is 34.4 Å². The zero-order valence-corrected chi connectivity index (χ0v) is 21.4. The summed E-state index contributed by atoms with van der Waals surface area (Å²) in [5.41, 5.74) is 0.644. The summed E-state index contributed by atoms with van der Waals surface area (Å²) in [7, 11) is 0. The van der Waals surface area contributed by atoms with E-state index in [0.717, 1.165) is 25.9 Å². The number of nitrogens with zero attached hydrogens (tertiary/aromatic N) is 3. The number of imidazole rings is 1. The normalized spacial score (nSPS) is 17.0. The quantitative estimate of drug-likeness (QED) is 0.263. The molecule has 0 unspecified atom stereocenters. The Bertz CT molecular complexity index is 1460. The highest BCUT2D eigenvalue weighted by molar-refractivity contribution is 6.00. The van der Waals surface area contributed by atoms with Gasteiger partial charge in [-0.05, 0) is 31.9 Å². The van der Waals surface area contributed by atoms with E-state index in [1.165, 1.54) is 31.7 Å². The second kappa shape index (κ2) is 10.8. The third-order valence-corrected chi connectivity index (χ3v) is 7.08. The number of anilines is 1. The van der Waals surface area contributed by atoms with Gasteiger partial charge in [0.15, 0.2) is 0 Å². The van der Waals surface area contributed by atoms with Crippen molar-refractivity contribution < 1.29 is 23.9 Å². The molecule has 2 amide bonds. The van der Waals surface area contributed by atoms with Gasteiger partial charge < -0.3 is 35.5 Å². The van der Waals surface area contributed by atoms with E-state index >= 15 is 4.39 Å². The number of fused-ring (bicyclic) bond motifs is 1. The van der Waals surface area contributed by atoms with Crippen LogP contribution in [0.2, 0.25) is 0 Å². The van der Waals surface area contributed by atoms with Gasteiger partial charge in [-0.2, -0.15) is 0 Å². The van der Waals surface area contributed by atoms with Gasteiger partial charge in [-0.1, -0.05) is 0 Å². The molecule has 1 aromatic carbocycles. The summed E-state index contributed by atoms with van der Waals surface area (Å²) in [6.07, 6.45) is 6.03. The van der Waals surface area contributed by atoms with E-state index in [0.29, 0.717) is 30.0 Å². The Kier molecular flexibility index (Phi) is 7.33. The number of carbonyl (C=O) groups is 3. The smallest absolute Gasteiger partial charge is 0.326 e. The topological polar surface area (TPSA) is 161 Å². The first-order valence-electron chi connectivity index (χ1n) is 12.9. The van der Waals surface area contributed by atoms with Crippen LogP contribution >= 0.6 is 0 Å². The van der Waals surface area contributed by atoms with Gasteiger partial charge in [-0.15, -0.1) is 0 Å². The fraction of sp³-hybridized carbons (Fsp3) is 0.423. The van der Waals surface area contributed by atoms with E-state index in [1.807, 2.05) is 9.47 Å². The van der Waals surface area contributed by atoms with Crippen molar-refractivity contribution in [1.29, 1.82) is 0 Å². The number of aromatic amines is 1. The molecule has 5 rings (SSSR count). The Morgan fingerprint density at radius 1 is 1.21 bits per heavy atom. The highest BCUT2D eigenvalue weighted by Gasteiger charge is 2.30. The number of hydrogen-bond donors (Lipinski definition) is 5. The molecule has 3 aromatic rings. The van der Waals surface area contributed by atoms with Gasteiger partial charge in [0, 0.05) is 62.1 Å². The predicted octanol–water partition coefficient (Wildman–Crippen LogP) is 0.539. The van der Waals surface area contributed by atoms with Crippen LogP contribution in [0.3, 0.4) is 0 Å². The second-order valence-corrected chi connectivity index (χ2v) is 9.94. The van der Waals surface area contributed by atoms with Crippen LogP contribution in [0.5, 0.6) is 0 Å². The summed E-state index contributed by atoms with van der Waals surface area (Å²) in [4.78, 5) is 59.4. The number of nitrogens with one attached hydrogen (secondary N) is 4. The van der Waals surface area contributed by atoms with Crippen molar-refractivity contribution in [3.8, 4) is 0 Å². The number of carbonyl (C=O) groups excluding carboxylic acids is 2. The van der Waals surface area contributed by atoms with Gasteiger partial charge in [0.2, 0.25) is 11.3 Å². The van der Waals surface area contributed by atoms with E-state index in [2.05, 4.69) is 25.9 Å². The van der Waals surface area contributed by atoms with Crippen LogP contribution in [0.1, 0.15) is 41.9 Å². The van der Waals surface area contributed by atoms with E-state index in [1.54, 1.807) is 6.07 Å². The van der Waals surface area contributed by atoms with Gasteiger partial charge in [-0.25, -0.2) is 14.2 Å². The molecule has 2 fully saturated rings. The number of halogens is 1. The minimum absolute atomic E-state index is 0.0278. The molecular weight excluding hydrogens is 509 g/mol. The number of aromatic nitrogens is 3. The Labute approximate surface area is 222 Å². The van der Waals surface area contributed by atoms with Crippen LogP contribution in [-0.4, -0.2) is 75.7 Å². The summed E-state index contributed by atoms with van der Waals surface area (Å²) in [5, 5.41) is 17.7. The van der Waals surface area contributed by atoms with Crippen LogP contribution in [0.4, 0.5) is 10.1 Å². The number of rotatable bonds is 9. The lowest BCUT2D eigenvalue weighted by molar-refractivity contribution is -0.142. The standard InChI is InChI=1S/C26H30FN7O5/c1-14(24(36)32-20(26(38)39)8-15-11-29-13-30-15)31-25(37)18-12-34(16-2-3-16)21-10-22(33-6-4-28-5-7-33)19(27)9-17(21)23(18)35/h9-14,16,20,28H,2-8H2,1H3,(H,29,30)(H,31,37)(H,32,36)(H,38,39)/t14-,20-/m0/s1. The van der Waals surface area contributed by atoms with Crippen LogP contribution in [0.15, 0.2) is 35.6 Å². The number of pyridine rings is 1. The van der Waals surface area contributed by atoms with Crippen molar-refractivity contribution in [2.45, 2.75) is 44.3 Å². The van der Waals surface area contributed by atoms with Crippen molar-refractivity contribution in [3.05, 3.63) is 58.2 Å². The van der Waals surface area contributed by atoms with Crippen LogP contribution < -0.4 is 26.3 Å². The number of carboxylic acids is 1. The van der Waals surface area contributed by atoms with Crippen LogP contribution in [0, 0.1) is 5.82 Å². The summed E-state index contributed by atoms with van der Waals surface area (Å²) in [6.45, 7) is 4.13. The zero-order chi connectivity index (χ0) is 27.7. The third-order valence-electron chi connectivity index (χ3n) is 7.08. The van der Waals surface area contributed by atoms with Crippen molar-refractivity contribution in [3.63, 3.8) is 0 Å². The first-order valence-corrected chi connectivity index (χ1v) is 12.9. The van der Waals surface area contributed by atoms with Gasteiger partial charge in [0.25, 0.3) is 5.91 Å². The lowest BCUT2D eigenvalue weighted by Gasteiger charge is -2.30. The van der Waals surface area contributed by atoms with Gasteiger partial charge in [0.05, 0.1) is 17.5 Å². The molecule has 39 heavy (non-hydrogen) atoms. The molecule has 12 nitrogen and oxygen atoms in total. The molecule has 1 aliphatic carbocycles. The Hall–Kier alpha value is -4.26. The van der Waals surface area contributed by atoms with E-state index in [9.17, 15) is 24.3 Å². The fourth-order valence-corrected chi connectivity index (χ4v) is 4.78. The van der Waals surface area contributed by atoms with E-state index in [4.69, 9.17) is 0 Å². The van der Waals surface area contributed by atoms with Gasteiger partial charge >= 0.3 is 5.97 Å². The number of benzene rings is 1. The summed E-state index contributed by atoms with van der Waals surface area (Å²) in [5.74, 6) is -3.32. The Balaban J connectivity index is 1.38. The number of aliphatic carboxylic acids is 1. The van der Waals surface area contributed by atoms with E-state index in [-0.39, 0.29) is 23.4 Å². The molecule has 1 saturated carbocycles. The molecule has 5 N–H and O–H groups in total. The molecule has 2 aliphatic rings. The van der Waals surface area contributed by atoms with Crippen molar-refractivity contribution in [1.82, 2.24) is 30.5 Å². The molecular formula is C26H30FN7O5. The minimum atomic E-state index is -1.25. The van der Waals surface area contributed by atoms with Gasteiger partial charge in [-0.3, -0.25) is 14.4 Å². The number of piperazine rings is 1. The molecule has 0 radical (unpaired) electrons. The summed E-state index contributed by atoms with van der Waals surface area (Å²) in [6, 6.07) is 0.559. The number of H-pyrrole nitrogens is 1. The molecule has 0 spiro atoms. The lowest BCUT2D eigenvalue weighted by Crippen LogP contribution is -2.51. The number of hydrogen-bond acceptors (Lipinski definition) is 7. The lowest BCUT2D eigenvalue weighted by atomic mass is 10.1. The summed E-state index contributed by atoms with van der Waals surface area (Å²) < 4.78 is 17.0. The molecule has 2 atom stereocenters. The average molecular weight is 540 g/mol. The monoisotopic (exact) mass is 539 g/mol. The molecule has 206 valence electrons. The average Bonchev–Trinajstić information content (AvgIpc) is 3.63. The Morgan fingerprint density at radius 3 is 2.59 bits per heavy atom. The largest absolute Gasteiger partial charge is 0.480 e. The van der Waals surface area contributed by atoms with Crippen molar-refractivity contribution in [2.24, 2.45) is 0 Å². The number of amides is 2. The van der Waals surface area contributed by atoms with Crippen LogP contribution in [-0.2, 0) is 16.0 Å². The van der Waals surface area contributed by atoms with Crippen molar-refractivity contribution in [2.75, 3.05) is 31.1 Å².